The number of amides is 1. The summed E-state index contributed by atoms with van der Waals surface area (Å²) in [5.41, 5.74) is 9.43. The first kappa shape index (κ1) is 19.8. The molecule has 1 amide bonds. The number of hydrogen-bond donors (Lipinski definition) is 2. The average Bonchev–Trinajstić information content (AvgIpc) is 2.73. The van der Waals surface area contributed by atoms with E-state index in [2.05, 4.69) is 20.2 Å². The number of benzene rings is 2. The Morgan fingerprint density at radius 1 is 1.00 bits per heavy atom. The second-order valence-electron chi connectivity index (χ2n) is 8.02. The third-order valence-corrected chi connectivity index (χ3v) is 5.08. The maximum Gasteiger partial charge on any atom is 0.267 e. The van der Waals surface area contributed by atoms with Crippen molar-refractivity contribution >= 4 is 12.0 Å². The van der Waals surface area contributed by atoms with E-state index < -0.39 is 0 Å². The zero-order chi connectivity index (χ0) is 21.1. The van der Waals surface area contributed by atoms with Gasteiger partial charge in [0.05, 0.1) is 16.9 Å². The molecule has 1 aromatic heterocycles. The van der Waals surface area contributed by atoms with E-state index in [9.17, 15) is 4.79 Å². The number of nitrogens with two attached hydrogens (primary N) is 1. The summed E-state index contributed by atoms with van der Waals surface area (Å²) in [4.78, 5) is 24.0. The number of carbonyl (C=O) groups excluding carboxylic acids is 1. The molecule has 2 aromatic carbocycles. The van der Waals surface area contributed by atoms with Gasteiger partial charge in [0, 0.05) is 30.3 Å². The number of likely N-dealkylation sites (tertiary alicyclic amines) is 1. The summed E-state index contributed by atoms with van der Waals surface area (Å²) in [6, 6.07) is 21.7. The van der Waals surface area contributed by atoms with Crippen LogP contribution in [0.5, 0.6) is 0 Å². The maximum absolute atomic E-state index is 12.6. The van der Waals surface area contributed by atoms with Gasteiger partial charge in [-0.05, 0) is 20.0 Å². The van der Waals surface area contributed by atoms with E-state index in [0.29, 0.717) is 5.82 Å². The van der Waals surface area contributed by atoms with Gasteiger partial charge in [-0.15, -0.1) is 0 Å². The molecule has 0 unspecified atom stereocenters. The monoisotopic (exact) mass is 399 g/mol. The molecule has 1 saturated heterocycles. The van der Waals surface area contributed by atoms with Crippen LogP contribution in [0.25, 0.3) is 28.6 Å². The van der Waals surface area contributed by atoms with Crippen LogP contribution in [0.4, 0.5) is 0 Å². The molecule has 0 bridgehead atoms. The van der Waals surface area contributed by atoms with Gasteiger partial charge in [-0.1, -0.05) is 60.7 Å². The van der Waals surface area contributed by atoms with Crippen molar-refractivity contribution in [2.24, 2.45) is 5.73 Å². The Morgan fingerprint density at radius 3 is 1.97 bits per heavy atom. The van der Waals surface area contributed by atoms with Crippen molar-refractivity contribution < 1.29 is 4.79 Å². The first-order chi connectivity index (χ1) is 14.4. The van der Waals surface area contributed by atoms with Crippen molar-refractivity contribution in [3.63, 3.8) is 0 Å². The van der Waals surface area contributed by atoms with Crippen molar-refractivity contribution in [3.05, 3.63) is 78.3 Å². The molecule has 2 heterocycles. The lowest BCUT2D eigenvalue weighted by molar-refractivity contribution is -0.121. The minimum Gasteiger partial charge on any atom is -0.394 e. The highest BCUT2D eigenvalue weighted by atomic mass is 16.2. The van der Waals surface area contributed by atoms with Crippen LogP contribution in [0.2, 0.25) is 0 Å². The molecular weight excluding hydrogens is 374 g/mol. The zero-order valence-corrected chi connectivity index (χ0v) is 17.2. The second-order valence-corrected chi connectivity index (χ2v) is 8.02. The molecule has 4 rings (SSSR count). The van der Waals surface area contributed by atoms with E-state index in [1.807, 2.05) is 80.7 Å². The molecule has 30 heavy (non-hydrogen) atoms. The van der Waals surface area contributed by atoms with Crippen LogP contribution in [0.3, 0.4) is 0 Å². The third kappa shape index (κ3) is 4.39. The van der Waals surface area contributed by atoms with Crippen LogP contribution in [0.15, 0.2) is 72.4 Å². The summed E-state index contributed by atoms with van der Waals surface area (Å²) < 4.78 is 0. The first-order valence-corrected chi connectivity index (χ1v) is 9.90. The predicted molar refractivity (Wildman–Crippen MR) is 119 cm³/mol. The Labute approximate surface area is 176 Å². The van der Waals surface area contributed by atoms with Crippen LogP contribution >= 0.6 is 0 Å². The van der Waals surface area contributed by atoms with Gasteiger partial charge in [-0.3, -0.25) is 4.79 Å². The Morgan fingerprint density at radius 2 is 1.50 bits per heavy atom. The maximum atomic E-state index is 12.6. The second kappa shape index (κ2) is 8.08. The molecule has 3 aromatic rings. The third-order valence-electron chi connectivity index (χ3n) is 5.08. The number of hydrogen-bond acceptors (Lipinski definition) is 5. The van der Waals surface area contributed by atoms with Crippen molar-refractivity contribution in [2.75, 3.05) is 20.1 Å². The van der Waals surface area contributed by atoms with Gasteiger partial charge in [0.2, 0.25) is 0 Å². The number of likely N-dealkylation sites (N-methyl/N-ethyl adjacent to an activating group) is 1. The molecule has 1 fully saturated rings. The molecule has 1 aliphatic heterocycles. The Kier molecular flexibility index (Phi) is 5.33. The Balaban J connectivity index is 1.68. The van der Waals surface area contributed by atoms with Crippen LogP contribution in [-0.4, -0.2) is 46.5 Å². The zero-order valence-electron chi connectivity index (χ0n) is 17.2. The predicted octanol–water partition coefficient (Wildman–Crippen LogP) is 2.93. The van der Waals surface area contributed by atoms with E-state index in [4.69, 9.17) is 5.73 Å². The lowest BCUT2D eigenvalue weighted by atomic mass is 9.93. The van der Waals surface area contributed by atoms with Crippen molar-refractivity contribution in [1.29, 1.82) is 0 Å². The summed E-state index contributed by atoms with van der Waals surface area (Å²) in [6.07, 6.45) is 1.54. The summed E-state index contributed by atoms with van der Waals surface area (Å²) in [5, 5.41) is 3.01. The van der Waals surface area contributed by atoms with Gasteiger partial charge in [-0.2, -0.15) is 0 Å². The van der Waals surface area contributed by atoms with E-state index in [1.54, 1.807) is 6.08 Å². The van der Waals surface area contributed by atoms with Gasteiger partial charge < -0.3 is 16.0 Å². The number of nitrogens with one attached hydrogen (secondary N) is 1. The van der Waals surface area contributed by atoms with E-state index in [0.717, 1.165) is 35.6 Å². The molecule has 3 N–H and O–H groups in total. The molecule has 6 nitrogen and oxygen atoms in total. The number of carbonyl (C=O) groups is 1. The minimum atomic E-state index is -0.305. The molecule has 0 atom stereocenters. The molecule has 6 heteroatoms. The van der Waals surface area contributed by atoms with Crippen molar-refractivity contribution in [2.45, 2.75) is 12.5 Å². The highest BCUT2D eigenvalue weighted by molar-refractivity contribution is 5.97. The van der Waals surface area contributed by atoms with Gasteiger partial charge in [-0.25, -0.2) is 9.97 Å². The highest BCUT2D eigenvalue weighted by Crippen LogP contribution is 2.24. The molecule has 0 aliphatic carbocycles. The molecule has 0 radical (unpaired) electrons. The number of rotatable bonds is 5. The van der Waals surface area contributed by atoms with E-state index >= 15 is 0 Å². The number of aromatic nitrogens is 2. The quantitative estimate of drug-likeness (QED) is 0.645. The average molecular weight is 399 g/mol. The van der Waals surface area contributed by atoms with E-state index in [1.165, 1.54) is 0 Å². The van der Waals surface area contributed by atoms with Crippen LogP contribution in [-0.2, 0) is 4.79 Å². The van der Waals surface area contributed by atoms with Crippen LogP contribution in [0, 0.1) is 0 Å². The van der Waals surface area contributed by atoms with Crippen molar-refractivity contribution in [3.8, 4) is 22.5 Å². The Hall–Kier alpha value is -3.51. The van der Waals surface area contributed by atoms with Crippen LogP contribution in [0.1, 0.15) is 12.7 Å². The SMILES string of the molecule is CN1CC(C)(NC(=O)C(N)=Cc2nc(-c3ccccc3)cc(-c3ccccc3)n2)C1. The molecule has 0 saturated carbocycles. The highest BCUT2D eigenvalue weighted by Gasteiger charge is 2.37. The van der Waals surface area contributed by atoms with Gasteiger partial charge in [0.15, 0.2) is 5.82 Å². The van der Waals surface area contributed by atoms with Crippen molar-refractivity contribution in [1.82, 2.24) is 20.2 Å². The van der Waals surface area contributed by atoms with Gasteiger partial charge in [0.25, 0.3) is 5.91 Å². The molecule has 1 aliphatic rings. The first-order valence-electron chi connectivity index (χ1n) is 9.90. The Bertz CT molecular complexity index is 1020. The normalized spacial score (nSPS) is 16.0. The minimum absolute atomic E-state index is 0.0926. The smallest absolute Gasteiger partial charge is 0.267 e. The largest absolute Gasteiger partial charge is 0.394 e. The van der Waals surface area contributed by atoms with Gasteiger partial charge >= 0.3 is 0 Å². The lowest BCUT2D eigenvalue weighted by Gasteiger charge is -2.46. The van der Waals surface area contributed by atoms with E-state index in [-0.39, 0.29) is 17.1 Å². The summed E-state index contributed by atoms with van der Waals surface area (Å²) >= 11 is 0. The lowest BCUT2D eigenvalue weighted by Crippen LogP contribution is -2.67. The molecular formula is C24H25N5O. The topological polar surface area (TPSA) is 84.1 Å². The summed E-state index contributed by atoms with van der Waals surface area (Å²) in [7, 11) is 2.02. The fourth-order valence-electron chi connectivity index (χ4n) is 3.82. The molecule has 0 spiro atoms. The summed E-state index contributed by atoms with van der Waals surface area (Å²) in [6.45, 7) is 3.60. The fourth-order valence-corrected chi connectivity index (χ4v) is 3.82. The summed E-state index contributed by atoms with van der Waals surface area (Å²) in [5.74, 6) is 0.0966. The standard InChI is InChI=1S/C24H25N5O/c1-24(15-29(2)16-24)28-23(30)19(25)13-22-26-20(17-9-5-3-6-10-17)14-21(27-22)18-11-7-4-8-12-18/h3-14H,15-16,25H2,1-2H3,(H,28,30). The molecule has 152 valence electrons. The van der Waals surface area contributed by atoms with Gasteiger partial charge in [0.1, 0.15) is 5.70 Å². The number of nitrogens with zero attached hydrogens (tertiary/aromatic N) is 3. The fraction of sp³-hybridized carbons (Fsp3) is 0.208. The van der Waals surface area contributed by atoms with Crippen LogP contribution < -0.4 is 11.1 Å².